The lowest BCUT2D eigenvalue weighted by Gasteiger charge is -2.09. The minimum Gasteiger partial charge on any atom is -0.403 e. The first-order valence-electron chi connectivity index (χ1n) is 5.77. The molecule has 2 heterocycles. The Balaban J connectivity index is 1.90. The normalized spacial score (nSPS) is 15.2. The van der Waals surface area contributed by atoms with E-state index < -0.39 is 11.0 Å². The van der Waals surface area contributed by atoms with Gasteiger partial charge >= 0.3 is 5.88 Å². The number of ether oxygens (including phenoxy) is 1. The summed E-state index contributed by atoms with van der Waals surface area (Å²) < 4.78 is 10.3. The molecule has 0 amide bonds. The van der Waals surface area contributed by atoms with Crippen molar-refractivity contribution >= 4 is 5.88 Å². The number of aliphatic hydroxyl groups excluding tert-OH is 1. The molecule has 98 valence electrons. The summed E-state index contributed by atoms with van der Waals surface area (Å²) in [7, 11) is 0. The van der Waals surface area contributed by atoms with E-state index in [1.54, 1.807) is 6.07 Å². The average molecular weight is 261 g/mol. The summed E-state index contributed by atoms with van der Waals surface area (Å²) in [6, 6.07) is 8.13. The second-order valence-corrected chi connectivity index (χ2v) is 4.36. The van der Waals surface area contributed by atoms with Gasteiger partial charge in [-0.3, -0.25) is 10.1 Å². The van der Waals surface area contributed by atoms with E-state index in [0.29, 0.717) is 18.8 Å². The molecule has 1 aromatic carbocycles. The Morgan fingerprint density at radius 2 is 2.00 bits per heavy atom. The molecule has 1 unspecified atom stereocenters. The van der Waals surface area contributed by atoms with Crippen LogP contribution in [-0.2, 0) is 18.0 Å². The minimum absolute atomic E-state index is 0.158. The lowest BCUT2D eigenvalue weighted by molar-refractivity contribution is -0.402. The smallest absolute Gasteiger partial charge is 0.403 e. The van der Waals surface area contributed by atoms with Crippen LogP contribution in [0, 0.1) is 10.1 Å². The predicted molar refractivity (Wildman–Crippen MR) is 64.4 cm³/mol. The summed E-state index contributed by atoms with van der Waals surface area (Å²) in [5, 5.41) is 20.7. The van der Waals surface area contributed by atoms with Crippen molar-refractivity contribution in [3.05, 3.63) is 62.9 Å². The van der Waals surface area contributed by atoms with Gasteiger partial charge in [-0.05, 0) is 22.8 Å². The molecule has 1 atom stereocenters. The molecule has 1 N–H and O–H groups in total. The van der Waals surface area contributed by atoms with E-state index in [-0.39, 0.29) is 11.6 Å². The third-order valence-corrected chi connectivity index (χ3v) is 3.12. The molecule has 0 spiro atoms. The van der Waals surface area contributed by atoms with Gasteiger partial charge in [0.1, 0.15) is 16.8 Å². The van der Waals surface area contributed by atoms with Gasteiger partial charge in [-0.2, -0.15) is 0 Å². The molecule has 0 bridgehead atoms. The van der Waals surface area contributed by atoms with E-state index in [1.165, 1.54) is 12.1 Å². The van der Waals surface area contributed by atoms with Gasteiger partial charge in [0.2, 0.25) is 0 Å². The Bertz CT molecular complexity index is 634. The molecule has 19 heavy (non-hydrogen) atoms. The maximum Gasteiger partial charge on any atom is 0.433 e. The number of benzene rings is 1. The molecule has 2 aromatic rings. The molecule has 0 saturated carbocycles. The molecular formula is C13H11NO5. The zero-order valence-corrected chi connectivity index (χ0v) is 9.91. The lowest BCUT2D eigenvalue weighted by Crippen LogP contribution is -1.99. The fourth-order valence-corrected chi connectivity index (χ4v) is 2.11. The van der Waals surface area contributed by atoms with E-state index in [4.69, 9.17) is 9.15 Å². The summed E-state index contributed by atoms with van der Waals surface area (Å²) in [4.78, 5) is 9.91. The fraction of sp³-hybridized carbons (Fsp3) is 0.231. The van der Waals surface area contributed by atoms with Crippen molar-refractivity contribution in [1.29, 1.82) is 0 Å². The topological polar surface area (TPSA) is 85.7 Å². The minimum atomic E-state index is -1.01. The van der Waals surface area contributed by atoms with Crippen molar-refractivity contribution in [2.24, 2.45) is 0 Å². The standard InChI is InChI=1S/C13H11NO5/c15-13(11-3-4-12(19-11)14(16)17)8-1-2-9-6-18-7-10(9)5-8/h1-5,13,15H,6-7H2. The average Bonchev–Trinajstić information content (AvgIpc) is 3.06. The number of furan rings is 1. The van der Waals surface area contributed by atoms with Crippen molar-refractivity contribution in [2.45, 2.75) is 19.3 Å². The Labute approximate surface area is 108 Å². The van der Waals surface area contributed by atoms with Crippen LogP contribution in [0.4, 0.5) is 5.88 Å². The third-order valence-electron chi connectivity index (χ3n) is 3.12. The fourth-order valence-electron chi connectivity index (χ4n) is 2.11. The van der Waals surface area contributed by atoms with Gasteiger partial charge in [0, 0.05) is 0 Å². The van der Waals surface area contributed by atoms with Crippen LogP contribution in [0.15, 0.2) is 34.7 Å². The molecule has 0 aliphatic carbocycles. The van der Waals surface area contributed by atoms with Crippen LogP contribution in [-0.4, -0.2) is 10.0 Å². The Morgan fingerprint density at radius 1 is 1.21 bits per heavy atom. The van der Waals surface area contributed by atoms with Crippen molar-refractivity contribution < 1.29 is 19.2 Å². The Morgan fingerprint density at radius 3 is 2.74 bits per heavy atom. The molecule has 6 nitrogen and oxygen atoms in total. The molecule has 1 aliphatic rings. The molecule has 0 fully saturated rings. The summed E-state index contributed by atoms with van der Waals surface area (Å²) in [6.45, 7) is 1.10. The first-order chi connectivity index (χ1) is 9.15. The van der Waals surface area contributed by atoms with Crippen molar-refractivity contribution in [2.75, 3.05) is 0 Å². The summed E-state index contributed by atoms with van der Waals surface area (Å²) in [5.41, 5.74) is 2.76. The number of aliphatic hydroxyl groups is 1. The number of rotatable bonds is 3. The highest BCUT2D eigenvalue weighted by atomic mass is 16.6. The zero-order chi connectivity index (χ0) is 13.4. The Kier molecular flexibility index (Phi) is 2.81. The molecule has 1 aliphatic heterocycles. The summed E-state index contributed by atoms with van der Waals surface area (Å²) >= 11 is 0. The highest BCUT2D eigenvalue weighted by molar-refractivity contribution is 5.36. The largest absolute Gasteiger partial charge is 0.433 e. The number of hydrogen-bond donors (Lipinski definition) is 1. The van der Waals surface area contributed by atoms with Crippen LogP contribution in [0.3, 0.4) is 0 Å². The van der Waals surface area contributed by atoms with Crippen LogP contribution in [0.1, 0.15) is 28.6 Å². The van der Waals surface area contributed by atoms with Crippen LogP contribution in [0.5, 0.6) is 0 Å². The van der Waals surface area contributed by atoms with Gasteiger partial charge in [-0.15, -0.1) is 0 Å². The number of hydrogen-bond acceptors (Lipinski definition) is 5. The van der Waals surface area contributed by atoms with Crippen molar-refractivity contribution in [3.8, 4) is 0 Å². The maximum atomic E-state index is 10.5. The van der Waals surface area contributed by atoms with Crippen molar-refractivity contribution in [1.82, 2.24) is 0 Å². The van der Waals surface area contributed by atoms with Crippen molar-refractivity contribution in [3.63, 3.8) is 0 Å². The molecule has 0 saturated heterocycles. The molecule has 3 rings (SSSR count). The van der Waals surface area contributed by atoms with E-state index in [2.05, 4.69) is 0 Å². The zero-order valence-electron chi connectivity index (χ0n) is 9.91. The second-order valence-electron chi connectivity index (χ2n) is 4.36. The van der Waals surface area contributed by atoms with Gasteiger partial charge < -0.3 is 14.3 Å². The van der Waals surface area contributed by atoms with Gasteiger partial charge in [0.05, 0.1) is 19.3 Å². The van der Waals surface area contributed by atoms with E-state index in [1.807, 2.05) is 12.1 Å². The van der Waals surface area contributed by atoms with Crippen LogP contribution < -0.4 is 0 Å². The monoisotopic (exact) mass is 261 g/mol. The van der Waals surface area contributed by atoms with E-state index in [9.17, 15) is 15.2 Å². The van der Waals surface area contributed by atoms with Gasteiger partial charge in [0.25, 0.3) is 0 Å². The summed E-state index contributed by atoms with van der Waals surface area (Å²) in [6.07, 6.45) is -1.01. The Hall–Kier alpha value is -2.18. The number of nitrogens with zero attached hydrogens (tertiary/aromatic N) is 1. The van der Waals surface area contributed by atoms with E-state index in [0.717, 1.165) is 11.1 Å². The third kappa shape index (κ3) is 2.11. The lowest BCUT2D eigenvalue weighted by atomic mass is 10.0. The number of nitro groups is 1. The number of fused-ring (bicyclic) bond motifs is 1. The van der Waals surface area contributed by atoms with Crippen LogP contribution in [0.25, 0.3) is 0 Å². The second kappa shape index (κ2) is 4.49. The van der Waals surface area contributed by atoms with Crippen LogP contribution >= 0.6 is 0 Å². The molecule has 6 heteroatoms. The highest BCUT2D eigenvalue weighted by Gasteiger charge is 2.21. The molecule has 0 radical (unpaired) electrons. The first-order valence-corrected chi connectivity index (χ1v) is 5.77. The molecular weight excluding hydrogens is 250 g/mol. The summed E-state index contributed by atoms with van der Waals surface area (Å²) in [5.74, 6) is -0.218. The quantitative estimate of drug-likeness (QED) is 0.676. The SMILES string of the molecule is O=[N+]([O-])c1ccc(C(O)c2ccc3c(c2)COC3)o1. The highest BCUT2D eigenvalue weighted by Crippen LogP contribution is 2.29. The molecule has 1 aromatic heterocycles. The predicted octanol–water partition coefficient (Wildman–Crippen LogP) is 2.30. The van der Waals surface area contributed by atoms with Gasteiger partial charge in [-0.1, -0.05) is 18.2 Å². The maximum absolute atomic E-state index is 10.5. The van der Waals surface area contributed by atoms with Gasteiger partial charge in [0.15, 0.2) is 0 Å². The first kappa shape index (κ1) is 11.9. The van der Waals surface area contributed by atoms with Gasteiger partial charge in [-0.25, -0.2) is 0 Å². The van der Waals surface area contributed by atoms with Crippen LogP contribution in [0.2, 0.25) is 0 Å². The van der Waals surface area contributed by atoms with E-state index >= 15 is 0 Å².